The van der Waals surface area contributed by atoms with Gasteiger partial charge in [-0.15, -0.1) is 0 Å². The summed E-state index contributed by atoms with van der Waals surface area (Å²) in [7, 11) is 0. The van der Waals surface area contributed by atoms with E-state index in [9.17, 15) is 9.90 Å². The summed E-state index contributed by atoms with van der Waals surface area (Å²) in [6.07, 6.45) is 0.557. The highest BCUT2D eigenvalue weighted by Crippen LogP contribution is 2.19. The van der Waals surface area contributed by atoms with Crippen LogP contribution in [0.15, 0.2) is 48.5 Å². The number of rotatable bonds is 5. The van der Waals surface area contributed by atoms with Gasteiger partial charge in [0.1, 0.15) is 6.04 Å². The fourth-order valence-corrected chi connectivity index (χ4v) is 3.46. The number of benzene rings is 2. The van der Waals surface area contributed by atoms with Crippen LogP contribution in [0.4, 0.5) is 5.69 Å². The van der Waals surface area contributed by atoms with Crippen molar-refractivity contribution in [3.05, 3.63) is 65.2 Å². The van der Waals surface area contributed by atoms with Crippen molar-refractivity contribution >= 4 is 11.7 Å². The van der Waals surface area contributed by atoms with Gasteiger partial charge in [-0.3, -0.25) is 9.69 Å². The summed E-state index contributed by atoms with van der Waals surface area (Å²) < 4.78 is 0. The Morgan fingerprint density at radius 2 is 1.68 bits per heavy atom. The highest BCUT2D eigenvalue weighted by Gasteiger charge is 2.29. The number of aryl methyl sites for hydroxylation is 2. The van der Waals surface area contributed by atoms with Crippen LogP contribution in [-0.2, 0) is 11.2 Å². The number of anilines is 1. The first-order valence-corrected chi connectivity index (χ1v) is 8.87. The number of carbonyl (C=O) groups is 1. The molecular formula is C21H26N2O2. The third-order valence-corrected chi connectivity index (χ3v) is 5.16. The number of carboxylic acid groups (broad SMARTS) is 1. The third kappa shape index (κ3) is 4.20. The first-order valence-electron chi connectivity index (χ1n) is 8.87. The lowest BCUT2D eigenvalue weighted by Gasteiger charge is -2.38. The van der Waals surface area contributed by atoms with Crippen molar-refractivity contribution in [2.45, 2.75) is 26.3 Å². The summed E-state index contributed by atoms with van der Waals surface area (Å²) in [4.78, 5) is 16.3. The van der Waals surface area contributed by atoms with E-state index in [2.05, 4.69) is 54.0 Å². The van der Waals surface area contributed by atoms with Crippen LogP contribution in [0.5, 0.6) is 0 Å². The van der Waals surface area contributed by atoms with Gasteiger partial charge in [-0.2, -0.15) is 0 Å². The van der Waals surface area contributed by atoms with E-state index >= 15 is 0 Å². The topological polar surface area (TPSA) is 43.8 Å². The minimum atomic E-state index is -0.730. The van der Waals surface area contributed by atoms with Crippen molar-refractivity contribution in [1.29, 1.82) is 0 Å². The molecule has 1 fully saturated rings. The van der Waals surface area contributed by atoms with Gasteiger partial charge in [0.05, 0.1) is 0 Å². The van der Waals surface area contributed by atoms with E-state index in [0.29, 0.717) is 6.42 Å². The normalized spacial score (nSPS) is 16.6. The molecule has 1 unspecified atom stereocenters. The predicted molar refractivity (Wildman–Crippen MR) is 101 cm³/mol. The van der Waals surface area contributed by atoms with Gasteiger partial charge in [0.2, 0.25) is 0 Å². The number of hydrogen-bond donors (Lipinski definition) is 1. The second-order valence-corrected chi connectivity index (χ2v) is 6.84. The second-order valence-electron chi connectivity index (χ2n) is 6.84. The fraction of sp³-hybridized carbons (Fsp3) is 0.381. The number of para-hydroxylation sites is 1. The zero-order chi connectivity index (χ0) is 17.8. The van der Waals surface area contributed by atoms with Crippen LogP contribution in [0.3, 0.4) is 0 Å². The maximum atomic E-state index is 11.9. The van der Waals surface area contributed by atoms with Crippen molar-refractivity contribution in [2.75, 3.05) is 31.1 Å². The minimum Gasteiger partial charge on any atom is -0.480 e. The number of hydrogen-bond acceptors (Lipinski definition) is 3. The van der Waals surface area contributed by atoms with Gasteiger partial charge in [-0.1, -0.05) is 36.4 Å². The molecule has 0 aliphatic carbocycles. The van der Waals surface area contributed by atoms with E-state index in [1.807, 2.05) is 18.2 Å². The standard InChI is InChI=1S/C21H26N2O2/c1-16-8-9-18(14-17(16)2)15-20(21(24)25)23-12-10-22(11-13-23)19-6-4-3-5-7-19/h3-9,14,20H,10-13,15H2,1-2H3,(H,24,25). The average Bonchev–Trinajstić information content (AvgIpc) is 2.63. The predicted octanol–water partition coefficient (Wildman–Crippen LogP) is 3.12. The molecule has 0 aromatic heterocycles. The maximum Gasteiger partial charge on any atom is 0.321 e. The Balaban J connectivity index is 1.66. The van der Waals surface area contributed by atoms with Crippen LogP contribution in [0.1, 0.15) is 16.7 Å². The molecule has 4 heteroatoms. The molecule has 0 radical (unpaired) electrons. The number of piperazine rings is 1. The number of aliphatic carboxylic acids is 1. The maximum absolute atomic E-state index is 11.9. The first-order chi connectivity index (χ1) is 12.0. The highest BCUT2D eigenvalue weighted by molar-refractivity contribution is 5.74. The van der Waals surface area contributed by atoms with Crippen LogP contribution in [0, 0.1) is 13.8 Å². The molecule has 2 aromatic rings. The van der Waals surface area contributed by atoms with Crippen LogP contribution in [-0.4, -0.2) is 48.2 Å². The first kappa shape index (κ1) is 17.5. The summed E-state index contributed by atoms with van der Waals surface area (Å²) in [5.41, 5.74) is 4.77. The Hall–Kier alpha value is -2.33. The summed E-state index contributed by atoms with van der Waals surface area (Å²) in [5, 5.41) is 9.74. The van der Waals surface area contributed by atoms with E-state index in [1.165, 1.54) is 16.8 Å². The summed E-state index contributed by atoms with van der Waals surface area (Å²) in [5.74, 6) is -0.730. The van der Waals surface area contributed by atoms with Gasteiger partial charge in [-0.25, -0.2) is 0 Å². The molecule has 2 aromatic carbocycles. The molecule has 1 N–H and O–H groups in total. The van der Waals surface area contributed by atoms with Crippen molar-refractivity contribution in [3.63, 3.8) is 0 Å². The van der Waals surface area contributed by atoms with Gasteiger partial charge in [-0.05, 0) is 49.1 Å². The lowest BCUT2D eigenvalue weighted by molar-refractivity contribution is -0.143. The Morgan fingerprint density at radius 1 is 1.00 bits per heavy atom. The molecule has 0 spiro atoms. The molecule has 25 heavy (non-hydrogen) atoms. The smallest absolute Gasteiger partial charge is 0.321 e. The fourth-order valence-electron chi connectivity index (χ4n) is 3.46. The largest absolute Gasteiger partial charge is 0.480 e. The lowest BCUT2D eigenvalue weighted by atomic mass is 9.99. The molecule has 0 amide bonds. The molecule has 1 aliphatic heterocycles. The van der Waals surface area contributed by atoms with Gasteiger partial charge >= 0.3 is 5.97 Å². The summed E-state index contributed by atoms with van der Waals surface area (Å²) in [6, 6.07) is 16.1. The van der Waals surface area contributed by atoms with Crippen LogP contribution < -0.4 is 4.90 Å². The molecule has 1 atom stereocenters. The zero-order valence-corrected chi connectivity index (χ0v) is 15.0. The Bertz CT molecular complexity index is 722. The summed E-state index contributed by atoms with van der Waals surface area (Å²) >= 11 is 0. The molecule has 132 valence electrons. The van der Waals surface area contributed by atoms with E-state index in [4.69, 9.17) is 0 Å². The van der Waals surface area contributed by atoms with E-state index < -0.39 is 12.0 Å². The molecule has 0 saturated carbocycles. The van der Waals surface area contributed by atoms with Gasteiger partial charge in [0, 0.05) is 31.9 Å². The van der Waals surface area contributed by atoms with Gasteiger partial charge < -0.3 is 10.0 Å². The Kier molecular flexibility index (Phi) is 5.39. The van der Waals surface area contributed by atoms with E-state index in [0.717, 1.165) is 31.7 Å². The second kappa shape index (κ2) is 7.70. The van der Waals surface area contributed by atoms with E-state index in [1.54, 1.807) is 0 Å². The SMILES string of the molecule is Cc1ccc(CC(C(=O)O)N2CCN(c3ccccc3)CC2)cc1C. The Labute approximate surface area is 149 Å². The van der Waals surface area contributed by atoms with E-state index in [-0.39, 0.29) is 0 Å². The lowest BCUT2D eigenvalue weighted by Crippen LogP contribution is -2.53. The number of carboxylic acids is 1. The van der Waals surface area contributed by atoms with Gasteiger partial charge in [0.25, 0.3) is 0 Å². The molecule has 1 saturated heterocycles. The van der Waals surface area contributed by atoms with Gasteiger partial charge in [0.15, 0.2) is 0 Å². The molecule has 3 rings (SSSR count). The zero-order valence-electron chi connectivity index (χ0n) is 15.0. The van der Waals surface area contributed by atoms with Crippen molar-refractivity contribution in [2.24, 2.45) is 0 Å². The molecule has 4 nitrogen and oxygen atoms in total. The monoisotopic (exact) mass is 338 g/mol. The molecule has 1 aliphatic rings. The van der Waals surface area contributed by atoms with Crippen LogP contribution in [0.25, 0.3) is 0 Å². The molecule has 0 bridgehead atoms. The van der Waals surface area contributed by atoms with Crippen LogP contribution >= 0.6 is 0 Å². The van der Waals surface area contributed by atoms with Crippen molar-refractivity contribution < 1.29 is 9.90 Å². The quantitative estimate of drug-likeness (QED) is 0.910. The average molecular weight is 338 g/mol. The Morgan fingerprint density at radius 3 is 2.28 bits per heavy atom. The van der Waals surface area contributed by atoms with Crippen LogP contribution in [0.2, 0.25) is 0 Å². The summed E-state index contributed by atoms with van der Waals surface area (Å²) in [6.45, 7) is 7.43. The molecule has 1 heterocycles. The third-order valence-electron chi connectivity index (χ3n) is 5.16. The minimum absolute atomic E-state index is 0.458. The van der Waals surface area contributed by atoms with Crippen molar-refractivity contribution in [3.8, 4) is 0 Å². The molecular weight excluding hydrogens is 312 g/mol. The number of nitrogens with zero attached hydrogens (tertiary/aromatic N) is 2. The highest BCUT2D eigenvalue weighted by atomic mass is 16.4. The van der Waals surface area contributed by atoms with Crippen molar-refractivity contribution in [1.82, 2.24) is 4.90 Å².